The molecule has 0 radical (unpaired) electrons. The Bertz CT molecular complexity index is 635. The number of nitrogens with one attached hydrogen (secondary N) is 1. The van der Waals surface area contributed by atoms with Gasteiger partial charge in [-0.15, -0.1) is 0 Å². The van der Waals surface area contributed by atoms with Gasteiger partial charge in [0.25, 0.3) is 0 Å². The molecule has 0 atom stereocenters. The third-order valence-corrected chi connectivity index (χ3v) is 3.35. The fraction of sp³-hybridized carbons (Fsp3) is 0.333. The molecule has 0 spiro atoms. The van der Waals surface area contributed by atoms with Crippen molar-refractivity contribution in [3.05, 3.63) is 27.7 Å². The molecule has 1 N–H and O–H groups in total. The molecule has 0 fully saturated rings. The molecule has 21 heavy (non-hydrogen) atoms. The molecule has 6 heteroatoms. The number of benzene rings is 1. The Morgan fingerprint density at radius 1 is 1.29 bits per heavy atom. The number of nitriles is 1. The maximum absolute atomic E-state index is 8.62. The minimum Gasteiger partial charge on any atom is -0.271 e. The van der Waals surface area contributed by atoms with Crippen molar-refractivity contribution in [2.75, 3.05) is 6.26 Å². The molecule has 0 bridgehead atoms. The predicted octanol–water partition coefficient (Wildman–Crippen LogP) is 4.81. The molecule has 3 nitrogen and oxygen atoms in total. The van der Waals surface area contributed by atoms with Crippen molar-refractivity contribution in [2.45, 2.75) is 20.8 Å². The molecule has 0 saturated carbocycles. The summed E-state index contributed by atoms with van der Waals surface area (Å²) in [5, 5.41) is 12.5. The normalized spacial score (nSPS) is 11.4. The molecule has 0 amide bonds. The molecule has 0 aliphatic heterocycles. The van der Waals surface area contributed by atoms with Crippen molar-refractivity contribution < 1.29 is 0 Å². The van der Waals surface area contributed by atoms with E-state index in [0.717, 1.165) is 0 Å². The minimum absolute atomic E-state index is 0.133. The predicted molar refractivity (Wildman–Crippen MR) is 92.2 cm³/mol. The maximum atomic E-state index is 8.62. The van der Waals surface area contributed by atoms with Gasteiger partial charge < -0.3 is 0 Å². The van der Waals surface area contributed by atoms with E-state index < -0.39 is 0 Å². The summed E-state index contributed by atoms with van der Waals surface area (Å²) in [5.41, 5.74) is 1.02. The van der Waals surface area contributed by atoms with Crippen molar-refractivity contribution in [1.82, 2.24) is 5.32 Å². The lowest BCUT2D eigenvalue weighted by Crippen LogP contribution is -2.12. The number of aliphatic imine (C=N–C) groups is 1. The van der Waals surface area contributed by atoms with Gasteiger partial charge >= 0.3 is 0 Å². The SMILES string of the molecule is CSC(=Nc1cc(Cl)c(C#CC(C)(C)C)c(Cl)c1)NC#N. The lowest BCUT2D eigenvalue weighted by Gasteiger charge is -2.08. The Kier molecular flexibility index (Phi) is 6.42. The van der Waals surface area contributed by atoms with Crippen LogP contribution < -0.4 is 5.32 Å². The van der Waals surface area contributed by atoms with Gasteiger partial charge in [0.05, 0.1) is 21.3 Å². The lowest BCUT2D eigenvalue weighted by atomic mass is 9.97. The number of hydrogen-bond acceptors (Lipinski definition) is 3. The molecule has 0 unspecified atom stereocenters. The smallest absolute Gasteiger partial charge is 0.183 e. The zero-order valence-electron chi connectivity index (χ0n) is 12.2. The third kappa shape index (κ3) is 5.89. The Morgan fingerprint density at radius 2 is 1.86 bits per heavy atom. The van der Waals surface area contributed by atoms with Gasteiger partial charge in [-0.2, -0.15) is 5.26 Å². The van der Waals surface area contributed by atoms with Crippen LogP contribution in [-0.4, -0.2) is 11.4 Å². The van der Waals surface area contributed by atoms with E-state index >= 15 is 0 Å². The highest BCUT2D eigenvalue weighted by atomic mass is 35.5. The Morgan fingerprint density at radius 3 is 2.29 bits per heavy atom. The highest BCUT2D eigenvalue weighted by molar-refractivity contribution is 8.13. The first-order valence-electron chi connectivity index (χ1n) is 6.07. The Balaban J connectivity index is 3.22. The van der Waals surface area contributed by atoms with Crippen LogP contribution in [0.3, 0.4) is 0 Å². The fourth-order valence-corrected chi connectivity index (χ4v) is 2.20. The summed E-state index contributed by atoms with van der Waals surface area (Å²) in [7, 11) is 0. The molecule has 0 saturated heterocycles. The van der Waals surface area contributed by atoms with E-state index in [2.05, 4.69) is 22.2 Å². The van der Waals surface area contributed by atoms with Crippen LogP contribution in [0.4, 0.5) is 5.69 Å². The molecule has 110 valence electrons. The number of rotatable bonds is 1. The molecule has 0 heterocycles. The van der Waals surface area contributed by atoms with E-state index in [1.54, 1.807) is 12.1 Å². The second-order valence-corrected chi connectivity index (χ2v) is 6.75. The van der Waals surface area contributed by atoms with Crippen molar-refractivity contribution in [1.29, 1.82) is 5.26 Å². The highest BCUT2D eigenvalue weighted by Gasteiger charge is 2.09. The number of halogens is 2. The molecular formula is C15H15Cl2N3S. The van der Waals surface area contributed by atoms with Crippen LogP contribution in [0.5, 0.6) is 0 Å². The van der Waals surface area contributed by atoms with Crippen LogP contribution >= 0.6 is 35.0 Å². The van der Waals surface area contributed by atoms with E-state index in [1.165, 1.54) is 11.8 Å². The van der Waals surface area contributed by atoms with Crippen LogP contribution in [0.25, 0.3) is 0 Å². The van der Waals surface area contributed by atoms with Gasteiger partial charge in [0, 0.05) is 5.41 Å². The van der Waals surface area contributed by atoms with Gasteiger partial charge in [-0.3, -0.25) is 5.32 Å². The first-order chi connectivity index (χ1) is 9.76. The third-order valence-electron chi connectivity index (χ3n) is 2.18. The van der Waals surface area contributed by atoms with Gasteiger partial charge in [-0.25, -0.2) is 4.99 Å². The van der Waals surface area contributed by atoms with Crippen LogP contribution in [0.15, 0.2) is 17.1 Å². The summed E-state index contributed by atoms with van der Waals surface area (Å²) in [6.07, 6.45) is 3.64. The molecular weight excluding hydrogens is 325 g/mol. The van der Waals surface area contributed by atoms with Crippen molar-refractivity contribution in [3.63, 3.8) is 0 Å². The van der Waals surface area contributed by atoms with Crippen LogP contribution in [0.2, 0.25) is 10.0 Å². The van der Waals surface area contributed by atoms with Gasteiger partial charge in [0.2, 0.25) is 0 Å². The summed E-state index contributed by atoms with van der Waals surface area (Å²) in [6, 6.07) is 3.35. The van der Waals surface area contributed by atoms with E-state index in [-0.39, 0.29) is 5.41 Å². The topological polar surface area (TPSA) is 48.2 Å². The monoisotopic (exact) mass is 339 g/mol. The van der Waals surface area contributed by atoms with Crippen molar-refractivity contribution >= 4 is 45.8 Å². The number of amidine groups is 1. The standard InChI is InChI=1S/C15H15Cl2N3S/c1-15(2,3)6-5-11-12(16)7-10(8-13(11)17)20-14(21-4)19-9-18/h7-8H,1-4H3,(H,19,20). The zero-order valence-corrected chi connectivity index (χ0v) is 14.5. The average molecular weight is 340 g/mol. The Hall–Kier alpha value is -1.33. The molecule has 1 aromatic rings. The van der Waals surface area contributed by atoms with Crippen LogP contribution in [0, 0.1) is 28.7 Å². The fourth-order valence-electron chi connectivity index (χ4n) is 1.28. The second-order valence-electron chi connectivity index (χ2n) is 5.14. The molecule has 0 aromatic heterocycles. The van der Waals surface area contributed by atoms with E-state index in [0.29, 0.717) is 26.5 Å². The van der Waals surface area contributed by atoms with Crippen molar-refractivity contribution in [3.8, 4) is 18.0 Å². The molecule has 1 rings (SSSR count). The second kappa shape index (κ2) is 7.61. The summed E-state index contributed by atoms with van der Waals surface area (Å²) < 4.78 is 0. The Labute approximate surface area is 139 Å². The maximum Gasteiger partial charge on any atom is 0.183 e. The first-order valence-corrected chi connectivity index (χ1v) is 8.05. The first kappa shape index (κ1) is 17.7. The summed E-state index contributed by atoms with van der Waals surface area (Å²) >= 11 is 13.8. The van der Waals surface area contributed by atoms with Crippen LogP contribution in [0.1, 0.15) is 26.3 Å². The van der Waals surface area contributed by atoms with Gasteiger partial charge in [-0.05, 0) is 39.2 Å². The highest BCUT2D eigenvalue weighted by Crippen LogP contribution is 2.30. The van der Waals surface area contributed by atoms with E-state index in [1.807, 2.05) is 33.2 Å². The van der Waals surface area contributed by atoms with Gasteiger partial charge in [-0.1, -0.05) is 46.8 Å². The molecule has 1 aromatic carbocycles. The minimum atomic E-state index is -0.133. The van der Waals surface area contributed by atoms with E-state index in [9.17, 15) is 0 Å². The number of hydrogen-bond donors (Lipinski definition) is 1. The summed E-state index contributed by atoms with van der Waals surface area (Å²) in [6.45, 7) is 6.04. The number of thioether (sulfide) groups is 1. The number of nitrogens with zero attached hydrogens (tertiary/aromatic N) is 2. The van der Waals surface area contributed by atoms with Gasteiger partial charge in [0.1, 0.15) is 0 Å². The summed E-state index contributed by atoms with van der Waals surface area (Å²) in [4.78, 5) is 4.27. The van der Waals surface area contributed by atoms with Crippen LogP contribution in [-0.2, 0) is 0 Å². The lowest BCUT2D eigenvalue weighted by molar-refractivity contribution is 0.571. The van der Waals surface area contributed by atoms with Gasteiger partial charge in [0.15, 0.2) is 11.4 Å². The zero-order chi connectivity index (χ0) is 16.0. The van der Waals surface area contributed by atoms with Crippen molar-refractivity contribution in [2.24, 2.45) is 10.4 Å². The average Bonchev–Trinajstić information content (AvgIpc) is 2.35. The summed E-state index contributed by atoms with van der Waals surface area (Å²) in [5.74, 6) is 6.10. The largest absolute Gasteiger partial charge is 0.271 e. The van der Waals surface area contributed by atoms with E-state index in [4.69, 9.17) is 28.5 Å². The molecule has 0 aliphatic rings. The molecule has 0 aliphatic carbocycles. The quantitative estimate of drug-likeness (QED) is 0.262.